The van der Waals surface area contributed by atoms with Crippen LogP contribution in [0.4, 0.5) is 0 Å². The zero-order valence-electron chi connectivity index (χ0n) is 12.7. The Labute approximate surface area is 124 Å². The number of nitrogens with zero attached hydrogens (tertiary/aromatic N) is 1. The second-order valence-electron chi connectivity index (χ2n) is 5.15. The van der Waals surface area contributed by atoms with Crippen molar-refractivity contribution < 1.29 is 19.1 Å². The van der Waals surface area contributed by atoms with Crippen LogP contribution in [0.15, 0.2) is 18.2 Å². The van der Waals surface area contributed by atoms with E-state index in [9.17, 15) is 9.59 Å². The van der Waals surface area contributed by atoms with Gasteiger partial charge in [-0.05, 0) is 39.1 Å². The highest BCUT2D eigenvalue weighted by Crippen LogP contribution is 2.32. The van der Waals surface area contributed by atoms with Crippen LogP contribution in [0.1, 0.15) is 31.1 Å². The molecule has 0 radical (unpaired) electrons. The molecule has 2 unspecified atom stereocenters. The van der Waals surface area contributed by atoms with Crippen LogP contribution in [0, 0.1) is 0 Å². The van der Waals surface area contributed by atoms with Crippen LogP contribution in [0.2, 0.25) is 0 Å². The Morgan fingerprint density at radius 2 is 1.90 bits per heavy atom. The third kappa shape index (κ3) is 3.33. The van der Waals surface area contributed by atoms with Gasteiger partial charge in [0.2, 0.25) is 12.7 Å². The number of likely N-dealkylation sites (N-methyl/N-ethyl adjacent to an activating group) is 1. The molecule has 0 aliphatic carbocycles. The predicted molar refractivity (Wildman–Crippen MR) is 77.4 cm³/mol. The first kappa shape index (κ1) is 15.3. The lowest BCUT2D eigenvalue weighted by molar-refractivity contribution is -0.120. The van der Waals surface area contributed by atoms with Gasteiger partial charge in [0.15, 0.2) is 17.3 Å². The molecule has 0 saturated heterocycles. The summed E-state index contributed by atoms with van der Waals surface area (Å²) >= 11 is 0. The molecule has 0 spiro atoms. The van der Waals surface area contributed by atoms with Gasteiger partial charge in [-0.25, -0.2) is 0 Å². The molecular formula is C15H20N2O4. The van der Waals surface area contributed by atoms with Crippen molar-refractivity contribution in [3.63, 3.8) is 0 Å². The first-order chi connectivity index (χ1) is 9.90. The molecule has 1 aliphatic heterocycles. The van der Waals surface area contributed by atoms with E-state index >= 15 is 0 Å². The van der Waals surface area contributed by atoms with E-state index in [0.717, 1.165) is 0 Å². The molecule has 1 amide bonds. The highest BCUT2D eigenvalue weighted by molar-refractivity contribution is 6.00. The molecule has 2 atom stereocenters. The number of hydrogen-bond acceptors (Lipinski definition) is 5. The quantitative estimate of drug-likeness (QED) is 0.656. The first-order valence-electron chi connectivity index (χ1n) is 6.83. The first-order valence-corrected chi connectivity index (χ1v) is 6.83. The number of amides is 1. The maximum absolute atomic E-state index is 12.5. The Morgan fingerprint density at radius 1 is 1.24 bits per heavy atom. The van der Waals surface area contributed by atoms with Crippen molar-refractivity contribution in [1.29, 1.82) is 0 Å². The number of Topliss-reactive ketones (excluding diaryl/α,β-unsaturated/α-hetero) is 1. The van der Waals surface area contributed by atoms with E-state index in [1.54, 1.807) is 25.2 Å². The van der Waals surface area contributed by atoms with Gasteiger partial charge in [0.25, 0.3) is 0 Å². The molecule has 2 rings (SSSR count). The molecule has 1 aromatic carbocycles. The van der Waals surface area contributed by atoms with Gasteiger partial charge in [-0.1, -0.05) is 0 Å². The Balaban J connectivity index is 2.10. The van der Waals surface area contributed by atoms with Gasteiger partial charge in [0.1, 0.15) is 0 Å². The summed E-state index contributed by atoms with van der Waals surface area (Å²) in [6, 6.07) is 4.79. The number of ketones is 1. The van der Waals surface area contributed by atoms with Gasteiger partial charge in [-0.2, -0.15) is 0 Å². The summed E-state index contributed by atoms with van der Waals surface area (Å²) in [6.07, 6.45) is -0.226. The average molecular weight is 292 g/mol. The monoisotopic (exact) mass is 292 g/mol. The highest BCUT2D eigenvalue weighted by atomic mass is 16.7. The van der Waals surface area contributed by atoms with Crippen molar-refractivity contribution in [2.75, 3.05) is 13.8 Å². The maximum atomic E-state index is 12.5. The number of carbonyl (C=O) groups is 2. The van der Waals surface area contributed by atoms with Crippen LogP contribution in [-0.2, 0) is 4.79 Å². The second-order valence-corrected chi connectivity index (χ2v) is 5.15. The van der Waals surface area contributed by atoms with E-state index in [0.29, 0.717) is 17.1 Å². The molecule has 21 heavy (non-hydrogen) atoms. The van der Waals surface area contributed by atoms with E-state index in [-0.39, 0.29) is 30.7 Å². The number of ether oxygens (including phenoxy) is 2. The van der Waals surface area contributed by atoms with Crippen molar-refractivity contribution in [1.82, 2.24) is 10.2 Å². The molecule has 114 valence electrons. The molecule has 1 aromatic rings. The number of nitrogens with one attached hydrogen (secondary N) is 1. The lowest BCUT2D eigenvalue weighted by Gasteiger charge is -2.30. The standard InChI is InChI=1S/C15H20N2O4/c1-9(17(4)10(2)16-11(3)18)15(19)12-5-6-13-14(7-12)21-8-20-13/h5-7,9-10H,8H2,1-4H3,(H,16,18). The molecule has 1 aliphatic rings. The second kappa shape index (κ2) is 6.13. The fourth-order valence-corrected chi connectivity index (χ4v) is 2.21. The van der Waals surface area contributed by atoms with E-state index in [1.165, 1.54) is 6.92 Å². The third-order valence-corrected chi connectivity index (χ3v) is 3.67. The van der Waals surface area contributed by atoms with Gasteiger partial charge < -0.3 is 14.8 Å². The minimum absolute atomic E-state index is 0.0343. The van der Waals surface area contributed by atoms with Crippen LogP contribution < -0.4 is 14.8 Å². The van der Waals surface area contributed by atoms with Gasteiger partial charge in [0, 0.05) is 12.5 Å². The van der Waals surface area contributed by atoms with E-state index in [4.69, 9.17) is 9.47 Å². The Bertz CT molecular complexity index is 559. The lowest BCUT2D eigenvalue weighted by Crippen LogP contribution is -2.49. The van der Waals surface area contributed by atoms with Crippen LogP contribution >= 0.6 is 0 Å². The summed E-state index contributed by atoms with van der Waals surface area (Å²) in [5.41, 5.74) is 0.564. The summed E-state index contributed by atoms with van der Waals surface area (Å²) in [5, 5.41) is 2.76. The largest absolute Gasteiger partial charge is 0.454 e. The average Bonchev–Trinajstić information content (AvgIpc) is 2.91. The van der Waals surface area contributed by atoms with Crippen molar-refractivity contribution in [3.05, 3.63) is 23.8 Å². The number of benzene rings is 1. The maximum Gasteiger partial charge on any atom is 0.231 e. The van der Waals surface area contributed by atoms with Gasteiger partial charge in [-0.3, -0.25) is 14.5 Å². The van der Waals surface area contributed by atoms with Gasteiger partial charge in [-0.15, -0.1) is 0 Å². The van der Waals surface area contributed by atoms with Crippen molar-refractivity contribution in [3.8, 4) is 11.5 Å². The molecule has 1 N–H and O–H groups in total. The fourth-order valence-electron chi connectivity index (χ4n) is 2.21. The topological polar surface area (TPSA) is 67.9 Å². The summed E-state index contributed by atoms with van der Waals surface area (Å²) in [7, 11) is 1.80. The van der Waals surface area contributed by atoms with Crippen molar-refractivity contribution >= 4 is 11.7 Å². The van der Waals surface area contributed by atoms with E-state index < -0.39 is 0 Å². The van der Waals surface area contributed by atoms with Crippen molar-refractivity contribution in [2.24, 2.45) is 0 Å². The Kier molecular flexibility index (Phi) is 4.47. The van der Waals surface area contributed by atoms with E-state index in [2.05, 4.69) is 5.32 Å². The van der Waals surface area contributed by atoms with Crippen LogP contribution in [-0.4, -0.2) is 42.6 Å². The van der Waals surface area contributed by atoms with Gasteiger partial charge in [0.05, 0.1) is 12.2 Å². The van der Waals surface area contributed by atoms with Crippen LogP contribution in [0.3, 0.4) is 0 Å². The summed E-state index contributed by atoms with van der Waals surface area (Å²) in [5.74, 6) is 1.08. The molecule has 0 bridgehead atoms. The number of hydrogen-bond donors (Lipinski definition) is 1. The zero-order valence-corrected chi connectivity index (χ0v) is 12.7. The normalized spacial score (nSPS) is 15.7. The molecule has 1 heterocycles. The molecule has 6 heteroatoms. The van der Waals surface area contributed by atoms with Crippen molar-refractivity contribution in [2.45, 2.75) is 33.0 Å². The lowest BCUT2D eigenvalue weighted by atomic mass is 10.0. The van der Waals surface area contributed by atoms with Crippen LogP contribution in [0.25, 0.3) is 0 Å². The Morgan fingerprint density at radius 3 is 2.57 bits per heavy atom. The molecule has 0 fully saturated rings. The minimum Gasteiger partial charge on any atom is -0.454 e. The number of fused-ring (bicyclic) bond motifs is 1. The predicted octanol–water partition coefficient (Wildman–Crippen LogP) is 1.40. The van der Waals surface area contributed by atoms with Crippen LogP contribution in [0.5, 0.6) is 11.5 Å². The smallest absolute Gasteiger partial charge is 0.231 e. The summed E-state index contributed by atoms with van der Waals surface area (Å²) in [4.78, 5) is 25.4. The fraction of sp³-hybridized carbons (Fsp3) is 0.467. The molecular weight excluding hydrogens is 272 g/mol. The zero-order chi connectivity index (χ0) is 15.6. The number of rotatable bonds is 5. The molecule has 0 aromatic heterocycles. The third-order valence-electron chi connectivity index (χ3n) is 3.67. The SMILES string of the molecule is CC(=O)NC(C)N(C)C(C)C(=O)c1ccc2c(c1)OCO2. The molecule has 6 nitrogen and oxygen atoms in total. The summed E-state index contributed by atoms with van der Waals surface area (Å²) < 4.78 is 10.5. The molecule has 0 saturated carbocycles. The van der Waals surface area contributed by atoms with E-state index in [1.807, 2.05) is 18.7 Å². The Hall–Kier alpha value is -2.08. The number of carbonyl (C=O) groups excluding carboxylic acids is 2. The van der Waals surface area contributed by atoms with Gasteiger partial charge >= 0.3 is 0 Å². The summed E-state index contributed by atoms with van der Waals surface area (Å²) in [6.45, 7) is 5.28. The minimum atomic E-state index is -0.368. The highest BCUT2D eigenvalue weighted by Gasteiger charge is 2.25.